The molecule has 0 aromatic heterocycles. The van der Waals surface area contributed by atoms with Gasteiger partial charge in [0, 0.05) is 13.7 Å². The first kappa shape index (κ1) is 15.2. The summed E-state index contributed by atoms with van der Waals surface area (Å²) in [4.78, 5) is 1.43. The Morgan fingerprint density at radius 2 is 1.62 bits per heavy atom. The number of alkyl halides is 3. The van der Waals surface area contributed by atoms with E-state index >= 15 is 0 Å². The van der Waals surface area contributed by atoms with E-state index in [1.807, 2.05) is 13.8 Å². The predicted molar refractivity (Wildman–Crippen MR) is 46.8 cm³/mol. The summed E-state index contributed by atoms with van der Waals surface area (Å²) in [6.07, 6.45) is -5.95. The third kappa shape index (κ3) is 8.05. The maximum absolute atomic E-state index is 11.9. The Kier molecular flexibility index (Phi) is 8.35. The van der Waals surface area contributed by atoms with Gasteiger partial charge in [-0.2, -0.15) is 13.2 Å². The van der Waals surface area contributed by atoms with Crippen molar-refractivity contribution in [3.8, 4) is 0 Å². The Balaban J connectivity index is 0. The molecule has 1 unspecified atom stereocenters. The molecule has 0 aromatic rings. The zero-order chi connectivity index (χ0) is 11.1. The molecule has 0 N–H and O–H groups in total. The van der Waals surface area contributed by atoms with Crippen LogP contribution in [0.4, 0.5) is 13.2 Å². The van der Waals surface area contributed by atoms with Crippen molar-refractivity contribution >= 4 is 0 Å². The average Bonchev–Trinajstić information content (AvgIpc) is 2.01. The second-order valence-electron chi connectivity index (χ2n) is 2.53. The molecule has 2 nitrogen and oxygen atoms in total. The molecule has 0 saturated heterocycles. The molecule has 82 valence electrons. The highest BCUT2D eigenvalue weighted by atomic mass is 19.4. The summed E-state index contributed by atoms with van der Waals surface area (Å²) >= 11 is 0. The van der Waals surface area contributed by atoms with Crippen LogP contribution in [0.25, 0.3) is 0 Å². The van der Waals surface area contributed by atoms with Gasteiger partial charge in [-0.25, -0.2) is 0 Å². The molecule has 0 radical (unpaired) electrons. The summed E-state index contributed by atoms with van der Waals surface area (Å²) < 4.78 is 40.0. The Hall–Kier alpha value is -0.290. The van der Waals surface area contributed by atoms with Crippen molar-refractivity contribution in [1.29, 1.82) is 0 Å². The van der Waals surface area contributed by atoms with Crippen LogP contribution in [0.1, 0.15) is 13.8 Å². The minimum Gasteiger partial charge on any atom is -0.371 e. The maximum Gasteiger partial charge on any atom is 0.415 e. The van der Waals surface area contributed by atoms with Gasteiger partial charge in [0.05, 0.1) is 0 Å². The molecular weight excluding hydrogens is 183 g/mol. The second kappa shape index (κ2) is 7.15. The number of rotatable bonds is 3. The summed E-state index contributed by atoms with van der Waals surface area (Å²) in [5.74, 6) is 0. The van der Waals surface area contributed by atoms with Gasteiger partial charge >= 0.3 is 6.18 Å². The number of ether oxygens (including phenoxy) is 1. The first-order valence-corrected chi connectivity index (χ1v) is 4.12. The monoisotopic (exact) mass is 201 g/mol. The van der Waals surface area contributed by atoms with Crippen LogP contribution in [0.3, 0.4) is 0 Å². The van der Waals surface area contributed by atoms with Crippen LogP contribution in [0, 0.1) is 0 Å². The smallest absolute Gasteiger partial charge is 0.371 e. The third-order valence-corrected chi connectivity index (χ3v) is 1.18. The molecule has 0 amide bonds. The van der Waals surface area contributed by atoms with Crippen LogP contribution in [0.2, 0.25) is 0 Å². The minimum atomic E-state index is -4.26. The molecule has 0 heterocycles. The highest BCUT2D eigenvalue weighted by molar-refractivity contribution is 4.69. The van der Waals surface area contributed by atoms with Crippen molar-refractivity contribution in [2.45, 2.75) is 26.1 Å². The highest BCUT2D eigenvalue weighted by Gasteiger charge is 2.39. The number of hydrogen-bond donors (Lipinski definition) is 0. The number of hydrogen-bond acceptors (Lipinski definition) is 2. The van der Waals surface area contributed by atoms with E-state index in [1.165, 1.54) is 4.90 Å². The fourth-order valence-corrected chi connectivity index (χ4v) is 0.643. The van der Waals surface area contributed by atoms with Crippen LogP contribution in [0.15, 0.2) is 0 Å². The zero-order valence-corrected chi connectivity index (χ0v) is 8.77. The summed E-state index contributed by atoms with van der Waals surface area (Å²) in [6, 6.07) is 0. The van der Waals surface area contributed by atoms with E-state index in [4.69, 9.17) is 0 Å². The number of methoxy groups -OCH3 is 1. The first-order valence-electron chi connectivity index (χ1n) is 4.12. The van der Waals surface area contributed by atoms with Gasteiger partial charge < -0.3 is 9.64 Å². The third-order valence-electron chi connectivity index (χ3n) is 1.18. The van der Waals surface area contributed by atoms with E-state index in [0.717, 1.165) is 7.11 Å². The molecule has 0 spiro atoms. The summed E-state index contributed by atoms with van der Waals surface area (Å²) in [7, 11) is 4.19. The molecule has 0 aliphatic heterocycles. The van der Waals surface area contributed by atoms with Gasteiger partial charge in [-0.1, -0.05) is 13.8 Å². The fraction of sp³-hybridized carbons (Fsp3) is 1.00. The van der Waals surface area contributed by atoms with Gasteiger partial charge in [0.1, 0.15) is 0 Å². The number of likely N-dealkylation sites (N-methyl/N-ethyl adjacent to an activating group) is 1. The van der Waals surface area contributed by atoms with Gasteiger partial charge in [0.2, 0.25) is 0 Å². The van der Waals surface area contributed by atoms with Crippen molar-refractivity contribution in [3.63, 3.8) is 0 Å². The Labute approximate surface area is 77.7 Å². The quantitative estimate of drug-likeness (QED) is 0.693. The van der Waals surface area contributed by atoms with E-state index in [-0.39, 0.29) is 6.54 Å². The molecule has 0 aliphatic rings. The highest BCUT2D eigenvalue weighted by Crippen LogP contribution is 2.22. The number of nitrogens with zero attached hydrogens (tertiary/aromatic N) is 1. The van der Waals surface area contributed by atoms with Crippen LogP contribution in [-0.2, 0) is 4.74 Å². The second-order valence-corrected chi connectivity index (χ2v) is 2.53. The molecule has 13 heavy (non-hydrogen) atoms. The van der Waals surface area contributed by atoms with Crippen molar-refractivity contribution in [1.82, 2.24) is 4.90 Å². The fourth-order valence-electron chi connectivity index (χ4n) is 0.643. The van der Waals surface area contributed by atoms with Gasteiger partial charge in [-0.15, -0.1) is 0 Å². The molecule has 1 atom stereocenters. The Morgan fingerprint density at radius 1 is 1.23 bits per heavy atom. The lowest BCUT2D eigenvalue weighted by molar-refractivity contribution is -0.215. The van der Waals surface area contributed by atoms with Gasteiger partial charge in [0.15, 0.2) is 6.10 Å². The molecular formula is C8H18F3NO. The Bertz CT molecular complexity index is 114. The largest absolute Gasteiger partial charge is 0.415 e. The molecule has 0 fully saturated rings. The lowest BCUT2D eigenvalue weighted by Crippen LogP contribution is -2.39. The summed E-state index contributed by atoms with van der Waals surface area (Å²) in [5, 5.41) is 0. The average molecular weight is 201 g/mol. The summed E-state index contributed by atoms with van der Waals surface area (Å²) in [5.41, 5.74) is 0. The molecule has 0 aliphatic carbocycles. The minimum absolute atomic E-state index is 0.139. The lowest BCUT2D eigenvalue weighted by Gasteiger charge is -2.21. The van der Waals surface area contributed by atoms with Gasteiger partial charge in [-0.05, 0) is 14.1 Å². The van der Waals surface area contributed by atoms with Crippen molar-refractivity contribution in [3.05, 3.63) is 0 Å². The maximum atomic E-state index is 11.9. The van der Waals surface area contributed by atoms with E-state index in [0.29, 0.717) is 0 Å². The van der Waals surface area contributed by atoms with Crippen molar-refractivity contribution < 1.29 is 17.9 Å². The van der Waals surface area contributed by atoms with Gasteiger partial charge in [-0.3, -0.25) is 0 Å². The molecule has 0 rings (SSSR count). The van der Waals surface area contributed by atoms with Crippen LogP contribution < -0.4 is 0 Å². The number of halogens is 3. The van der Waals surface area contributed by atoms with Gasteiger partial charge in [0.25, 0.3) is 0 Å². The lowest BCUT2D eigenvalue weighted by atomic mass is 10.3. The Morgan fingerprint density at radius 3 is 1.69 bits per heavy atom. The van der Waals surface area contributed by atoms with E-state index in [9.17, 15) is 13.2 Å². The topological polar surface area (TPSA) is 12.5 Å². The molecule has 5 heteroatoms. The molecule has 0 bridgehead atoms. The SMILES string of the molecule is CC.COC(CN(C)C)C(F)(F)F. The normalized spacial score (nSPS) is 13.6. The first-order chi connectivity index (χ1) is 5.88. The zero-order valence-electron chi connectivity index (χ0n) is 8.77. The standard InChI is InChI=1S/C6H12F3NO.C2H6/c1-10(2)4-5(11-3)6(7,8)9;1-2/h5H,4H2,1-3H3;1-2H3. The summed E-state index contributed by atoms with van der Waals surface area (Å²) in [6.45, 7) is 3.86. The van der Waals surface area contributed by atoms with Crippen LogP contribution in [-0.4, -0.2) is 44.9 Å². The van der Waals surface area contributed by atoms with Crippen LogP contribution >= 0.6 is 0 Å². The molecule has 0 saturated carbocycles. The molecule has 0 aromatic carbocycles. The van der Waals surface area contributed by atoms with Crippen molar-refractivity contribution in [2.24, 2.45) is 0 Å². The van der Waals surface area contributed by atoms with E-state index < -0.39 is 12.3 Å². The van der Waals surface area contributed by atoms with E-state index in [1.54, 1.807) is 14.1 Å². The van der Waals surface area contributed by atoms with E-state index in [2.05, 4.69) is 4.74 Å². The van der Waals surface area contributed by atoms with Crippen LogP contribution in [0.5, 0.6) is 0 Å². The van der Waals surface area contributed by atoms with Crippen molar-refractivity contribution in [2.75, 3.05) is 27.7 Å². The predicted octanol–water partition coefficient (Wildman–Crippen LogP) is 2.15.